The van der Waals surface area contributed by atoms with Crippen molar-refractivity contribution in [2.75, 3.05) is 6.54 Å². The SMILES string of the molecule is CC1CCCC(CN)N1C(C)c1cccc(Cl)c1Cl. The van der Waals surface area contributed by atoms with Crippen molar-refractivity contribution in [2.24, 2.45) is 5.73 Å². The summed E-state index contributed by atoms with van der Waals surface area (Å²) in [5.74, 6) is 0. The molecule has 19 heavy (non-hydrogen) atoms. The Morgan fingerprint density at radius 1 is 1.37 bits per heavy atom. The lowest BCUT2D eigenvalue weighted by atomic mass is 9.92. The predicted molar refractivity (Wildman–Crippen MR) is 82.9 cm³/mol. The lowest BCUT2D eigenvalue weighted by Gasteiger charge is -2.44. The Balaban J connectivity index is 2.30. The third-order valence-electron chi connectivity index (χ3n) is 4.24. The number of hydrogen-bond acceptors (Lipinski definition) is 2. The van der Waals surface area contributed by atoms with Crippen molar-refractivity contribution in [3.63, 3.8) is 0 Å². The monoisotopic (exact) mass is 300 g/mol. The van der Waals surface area contributed by atoms with Gasteiger partial charge in [0.1, 0.15) is 0 Å². The lowest BCUT2D eigenvalue weighted by molar-refractivity contribution is 0.0571. The molecule has 1 heterocycles. The van der Waals surface area contributed by atoms with Crippen molar-refractivity contribution in [3.05, 3.63) is 33.8 Å². The highest BCUT2D eigenvalue weighted by Crippen LogP contribution is 2.37. The van der Waals surface area contributed by atoms with Crippen LogP contribution in [0.2, 0.25) is 10.0 Å². The zero-order chi connectivity index (χ0) is 14.0. The first-order chi connectivity index (χ1) is 9.06. The summed E-state index contributed by atoms with van der Waals surface area (Å²) >= 11 is 12.5. The maximum Gasteiger partial charge on any atom is 0.0640 e. The fourth-order valence-corrected chi connectivity index (χ4v) is 3.71. The van der Waals surface area contributed by atoms with Crippen LogP contribution in [0.15, 0.2) is 18.2 Å². The van der Waals surface area contributed by atoms with Crippen molar-refractivity contribution >= 4 is 23.2 Å². The quantitative estimate of drug-likeness (QED) is 0.904. The van der Waals surface area contributed by atoms with Crippen LogP contribution in [0.3, 0.4) is 0 Å². The van der Waals surface area contributed by atoms with Crippen LogP contribution in [-0.2, 0) is 0 Å². The van der Waals surface area contributed by atoms with E-state index in [1.807, 2.05) is 12.1 Å². The molecule has 106 valence electrons. The molecular formula is C15H22Cl2N2. The van der Waals surface area contributed by atoms with E-state index < -0.39 is 0 Å². The van der Waals surface area contributed by atoms with Gasteiger partial charge in [-0.2, -0.15) is 0 Å². The van der Waals surface area contributed by atoms with Crippen molar-refractivity contribution < 1.29 is 0 Å². The molecule has 0 radical (unpaired) electrons. The Bertz CT molecular complexity index is 436. The fourth-order valence-electron chi connectivity index (χ4n) is 3.25. The van der Waals surface area contributed by atoms with Crippen molar-refractivity contribution in [2.45, 2.75) is 51.2 Å². The minimum absolute atomic E-state index is 0.245. The molecule has 0 spiro atoms. The summed E-state index contributed by atoms with van der Waals surface area (Å²) in [5.41, 5.74) is 7.04. The molecule has 0 amide bonds. The van der Waals surface area contributed by atoms with Gasteiger partial charge in [-0.3, -0.25) is 4.90 Å². The molecule has 1 aliphatic rings. The zero-order valence-corrected chi connectivity index (χ0v) is 13.1. The standard InChI is InChI=1S/C15H22Cl2N2/c1-10-5-3-6-12(9-18)19(10)11(2)13-7-4-8-14(16)15(13)17/h4,7-8,10-12H,3,5-6,9,18H2,1-2H3. The summed E-state index contributed by atoms with van der Waals surface area (Å²) in [7, 11) is 0. The second-order valence-corrected chi connectivity index (χ2v) is 6.22. The molecule has 0 bridgehead atoms. The normalized spacial score (nSPS) is 26.4. The van der Waals surface area contributed by atoms with E-state index in [4.69, 9.17) is 28.9 Å². The smallest absolute Gasteiger partial charge is 0.0640 e. The average molecular weight is 301 g/mol. The van der Waals surface area contributed by atoms with Gasteiger partial charge in [0.05, 0.1) is 10.0 Å². The summed E-state index contributed by atoms with van der Waals surface area (Å²) in [4.78, 5) is 2.50. The molecule has 0 aliphatic carbocycles. The molecule has 2 nitrogen and oxygen atoms in total. The van der Waals surface area contributed by atoms with Gasteiger partial charge in [0.15, 0.2) is 0 Å². The number of nitrogens with zero attached hydrogens (tertiary/aromatic N) is 1. The van der Waals surface area contributed by atoms with Crippen LogP contribution in [0.25, 0.3) is 0 Å². The number of hydrogen-bond donors (Lipinski definition) is 1. The molecular weight excluding hydrogens is 279 g/mol. The molecule has 1 fully saturated rings. The predicted octanol–water partition coefficient (Wildman–Crippen LogP) is 4.26. The maximum atomic E-state index is 6.36. The van der Waals surface area contributed by atoms with Gasteiger partial charge in [0.2, 0.25) is 0 Å². The Morgan fingerprint density at radius 3 is 2.79 bits per heavy atom. The summed E-state index contributed by atoms with van der Waals surface area (Å²) in [6.07, 6.45) is 3.65. The summed E-state index contributed by atoms with van der Waals surface area (Å²) in [6.45, 7) is 5.17. The van der Waals surface area contributed by atoms with Crippen LogP contribution < -0.4 is 5.73 Å². The van der Waals surface area contributed by atoms with Gasteiger partial charge in [0, 0.05) is 24.7 Å². The van der Waals surface area contributed by atoms with Crippen LogP contribution in [0.1, 0.15) is 44.7 Å². The fraction of sp³-hybridized carbons (Fsp3) is 0.600. The van der Waals surface area contributed by atoms with E-state index in [1.54, 1.807) is 0 Å². The van der Waals surface area contributed by atoms with E-state index in [1.165, 1.54) is 19.3 Å². The second-order valence-electron chi connectivity index (χ2n) is 5.44. The topological polar surface area (TPSA) is 29.3 Å². The molecule has 1 saturated heterocycles. The van der Waals surface area contributed by atoms with Crippen molar-refractivity contribution in [1.29, 1.82) is 0 Å². The summed E-state index contributed by atoms with van der Waals surface area (Å²) < 4.78 is 0. The molecule has 1 aromatic carbocycles. The number of rotatable bonds is 3. The van der Waals surface area contributed by atoms with E-state index >= 15 is 0 Å². The largest absolute Gasteiger partial charge is 0.329 e. The first-order valence-corrected chi connectivity index (χ1v) is 7.73. The molecule has 0 aromatic heterocycles. The Kier molecular flexibility index (Phi) is 5.13. The van der Waals surface area contributed by atoms with Gasteiger partial charge in [-0.1, -0.05) is 41.8 Å². The minimum atomic E-state index is 0.245. The molecule has 2 N–H and O–H groups in total. The van der Waals surface area contributed by atoms with E-state index in [0.717, 1.165) is 5.56 Å². The molecule has 3 atom stereocenters. The first kappa shape index (κ1) is 15.1. The summed E-state index contributed by atoms with van der Waals surface area (Å²) in [5, 5.41) is 1.30. The third-order valence-corrected chi connectivity index (χ3v) is 5.07. The zero-order valence-electron chi connectivity index (χ0n) is 11.6. The van der Waals surface area contributed by atoms with Gasteiger partial charge in [-0.15, -0.1) is 0 Å². The van der Waals surface area contributed by atoms with Gasteiger partial charge in [-0.05, 0) is 38.3 Å². The van der Waals surface area contributed by atoms with Crippen LogP contribution >= 0.6 is 23.2 Å². The highest BCUT2D eigenvalue weighted by molar-refractivity contribution is 6.42. The highest BCUT2D eigenvalue weighted by atomic mass is 35.5. The van der Waals surface area contributed by atoms with E-state index in [-0.39, 0.29) is 6.04 Å². The highest BCUT2D eigenvalue weighted by Gasteiger charge is 2.32. The molecule has 1 aliphatic heterocycles. The average Bonchev–Trinajstić information content (AvgIpc) is 2.40. The Labute approximate surface area is 125 Å². The first-order valence-electron chi connectivity index (χ1n) is 6.97. The van der Waals surface area contributed by atoms with Gasteiger partial charge < -0.3 is 5.73 Å². The minimum Gasteiger partial charge on any atom is -0.329 e. The third kappa shape index (κ3) is 3.08. The number of likely N-dealkylation sites (tertiary alicyclic amines) is 1. The van der Waals surface area contributed by atoms with Crippen LogP contribution in [0, 0.1) is 0 Å². The Hall–Kier alpha value is -0.280. The van der Waals surface area contributed by atoms with Crippen molar-refractivity contribution in [1.82, 2.24) is 4.90 Å². The summed E-state index contributed by atoms with van der Waals surface area (Å²) in [6, 6.07) is 7.08. The van der Waals surface area contributed by atoms with Crippen LogP contribution in [0.5, 0.6) is 0 Å². The molecule has 1 aromatic rings. The molecule has 0 saturated carbocycles. The molecule has 4 heteroatoms. The van der Waals surface area contributed by atoms with E-state index in [9.17, 15) is 0 Å². The molecule has 2 rings (SSSR count). The number of nitrogens with two attached hydrogens (primary N) is 1. The van der Waals surface area contributed by atoms with E-state index in [0.29, 0.717) is 28.7 Å². The van der Waals surface area contributed by atoms with Gasteiger partial charge >= 0.3 is 0 Å². The number of halogens is 2. The number of benzene rings is 1. The number of piperidine rings is 1. The molecule has 3 unspecified atom stereocenters. The maximum absolute atomic E-state index is 6.36. The van der Waals surface area contributed by atoms with Gasteiger partial charge in [0.25, 0.3) is 0 Å². The van der Waals surface area contributed by atoms with Crippen LogP contribution in [-0.4, -0.2) is 23.5 Å². The van der Waals surface area contributed by atoms with Gasteiger partial charge in [-0.25, -0.2) is 0 Å². The second kappa shape index (κ2) is 6.45. The lowest BCUT2D eigenvalue weighted by Crippen LogP contribution is -2.49. The van der Waals surface area contributed by atoms with Crippen LogP contribution in [0.4, 0.5) is 0 Å². The van der Waals surface area contributed by atoms with E-state index in [2.05, 4.69) is 24.8 Å². The van der Waals surface area contributed by atoms with Crippen molar-refractivity contribution in [3.8, 4) is 0 Å². The Morgan fingerprint density at radius 2 is 2.11 bits per heavy atom.